The maximum absolute atomic E-state index is 10.3. The molecule has 0 heterocycles. The van der Waals surface area contributed by atoms with Crippen LogP contribution in [0.3, 0.4) is 0 Å². The molecule has 14 nitrogen and oxygen atoms in total. The Morgan fingerprint density at radius 1 is 1.12 bits per heavy atom. The van der Waals surface area contributed by atoms with Crippen molar-refractivity contribution in [3.8, 4) is 0 Å². The summed E-state index contributed by atoms with van der Waals surface area (Å²) >= 11 is 0. The molecule has 0 saturated heterocycles. The van der Waals surface area contributed by atoms with Gasteiger partial charge in [-0.15, -0.1) is 0 Å². The highest BCUT2D eigenvalue weighted by Gasteiger charge is 2.17. The lowest BCUT2D eigenvalue weighted by atomic mass is 10.4. The van der Waals surface area contributed by atoms with Gasteiger partial charge in [-0.25, -0.2) is 9.36 Å². The Bertz CT molecular complexity index is 632. The topological polar surface area (TPSA) is 211 Å². The van der Waals surface area contributed by atoms with Gasteiger partial charge in [-0.2, -0.15) is 8.42 Å². The number of carboxylic acid groups (broad SMARTS) is 1. The number of quaternary nitrogens is 2. The first-order valence-electron chi connectivity index (χ1n) is 10.1. The summed E-state index contributed by atoms with van der Waals surface area (Å²) in [6.07, 6.45) is 1.03. The molecule has 0 saturated carbocycles. The number of aliphatic carboxylic acids is 1. The standard InChI is InChI=1S/C7H15NO2.C5H14NO.C2H7NO3S.C2H7O5P.CH4/c1-4-5-8(2,3)6-7(9)10;1-6(2,3)4-5-7;1-3-2-7(4,5)6;3-1-2-7-8(4,5)6;/h4-6H2,1-3H3;7H,4-5H2,1-3H3;3H,2H2,1H3,(H,4,5,6);3H,1-2H2,(H2,4,5,6);1H4/q;+1;;;/p+1/i;1D;;;. The lowest BCUT2D eigenvalue weighted by Gasteiger charge is -2.26. The number of nitrogens with zero attached hydrogens (tertiary/aromatic N) is 2. The van der Waals surface area contributed by atoms with Crippen molar-refractivity contribution >= 4 is 23.9 Å². The molecule has 0 aromatic carbocycles. The minimum Gasteiger partial charge on any atom is -0.477 e. The number of hydrogen-bond donors (Lipinski definition) is 7. The number of carbonyl (C=O) groups is 1. The predicted molar refractivity (Wildman–Crippen MR) is 127 cm³/mol. The SMILES string of the molecule is C.CCC[N+](C)(C)CC(=O)O.CNCS(=O)(=O)O.O=P(O)(O)OCCO.[2H]C[N+](C)(C)CCO. The summed E-state index contributed by atoms with van der Waals surface area (Å²) in [5.74, 6) is -1.11. The summed E-state index contributed by atoms with van der Waals surface area (Å²) < 4.78 is 49.0. The maximum Gasteiger partial charge on any atom is 0.469 e. The fourth-order valence-corrected chi connectivity index (χ4v) is 2.35. The summed E-state index contributed by atoms with van der Waals surface area (Å²) in [6.45, 7) is 3.33. The van der Waals surface area contributed by atoms with Gasteiger partial charge in [-0.1, -0.05) is 14.4 Å². The van der Waals surface area contributed by atoms with Crippen molar-refractivity contribution in [3.05, 3.63) is 0 Å². The van der Waals surface area contributed by atoms with Gasteiger partial charge >= 0.3 is 13.8 Å². The van der Waals surface area contributed by atoms with Crippen LogP contribution in [0.1, 0.15) is 22.1 Å². The molecule has 0 rings (SSSR count). The van der Waals surface area contributed by atoms with E-state index in [1.165, 1.54) is 7.05 Å². The van der Waals surface area contributed by atoms with Gasteiger partial charge < -0.3 is 39.4 Å². The van der Waals surface area contributed by atoms with Crippen molar-refractivity contribution in [1.82, 2.24) is 5.32 Å². The van der Waals surface area contributed by atoms with Gasteiger partial charge in [-0.3, -0.25) is 9.08 Å². The van der Waals surface area contributed by atoms with Crippen LogP contribution in [0, 0.1) is 0 Å². The molecule has 0 amide bonds. The highest BCUT2D eigenvalue weighted by atomic mass is 32.2. The van der Waals surface area contributed by atoms with Crippen LogP contribution in [-0.2, 0) is 24.0 Å². The van der Waals surface area contributed by atoms with Crippen LogP contribution in [0.15, 0.2) is 0 Å². The fraction of sp³-hybridized carbons (Fsp3) is 0.941. The molecule has 0 radical (unpaired) electrons. The predicted octanol–water partition coefficient (Wildman–Crippen LogP) is -0.982. The average molecular weight is 535 g/mol. The van der Waals surface area contributed by atoms with Gasteiger partial charge in [0.25, 0.3) is 10.1 Å². The first-order chi connectivity index (χ1) is 14.7. The van der Waals surface area contributed by atoms with Gasteiger partial charge in [0.15, 0.2) is 6.54 Å². The summed E-state index contributed by atoms with van der Waals surface area (Å²) in [7, 11) is 1.34. The van der Waals surface area contributed by atoms with E-state index in [0.29, 0.717) is 22.5 Å². The minimum atomic E-state index is -4.34. The lowest BCUT2D eigenvalue weighted by molar-refractivity contribution is -0.883. The highest BCUT2D eigenvalue weighted by molar-refractivity contribution is 7.85. The van der Waals surface area contributed by atoms with E-state index in [-0.39, 0.29) is 39.7 Å². The zero-order valence-corrected chi connectivity index (χ0v) is 21.5. The fourth-order valence-electron chi connectivity index (χ4n) is 1.66. The number of phosphoric ester groups is 1. The highest BCUT2D eigenvalue weighted by Crippen LogP contribution is 2.34. The quantitative estimate of drug-likeness (QED) is 0.0968. The van der Waals surface area contributed by atoms with E-state index in [1.54, 1.807) is 0 Å². The third kappa shape index (κ3) is 59.2. The monoisotopic (exact) mass is 534 g/mol. The van der Waals surface area contributed by atoms with Crippen molar-refractivity contribution in [2.24, 2.45) is 0 Å². The molecule has 0 aliphatic carbocycles. The number of nitrogens with one attached hydrogen (secondary N) is 1. The third-order valence-corrected chi connectivity index (χ3v) is 3.95. The summed E-state index contributed by atoms with van der Waals surface area (Å²) in [5, 5.41) is 27.1. The Morgan fingerprint density at radius 2 is 1.61 bits per heavy atom. The zero-order valence-electron chi connectivity index (χ0n) is 20.8. The Morgan fingerprint density at radius 3 is 1.76 bits per heavy atom. The van der Waals surface area contributed by atoms with E-state index in [2.05, 4.69) is 16.8 Å². The van der Waals surface area contributed by atoms with Crippen LogP contribution in [0.2, 0.25) is 0 Å². The second-order valence-electron chi connectivity index (χ2n) is 7.72. The molecule has 0 bridgehead atoms. The van der Waals surface area contributed by atoms with Crippen LogP contribution in [-0.4, -0.2) is 141 Å². The van der Waals surface area contributed by atoms with Gasteiger partial charge in [-0.05, 0) is 13.5 Å². The van der Waals surface area contributed by atoms with Crippen LogP contribution in [0.5, 0.6) is 0 Å². The van der Waals surface area contributed by atoms with Crippen LogP contribution in [0.25, 0.3) is 0 Å². The number of hydrogen-bond acceptors (Lipinski definition) is 8. The number of aliphatic hydroxyl groups is 2. The molecule has 0 aromatic rings. The van der Waals surface area contributed by atoms with E-state index < -0.39 is 23.9 Å². The van der Waals surface area contributed by atoms with Gasteiger partial charge in [0.05, 0.1) is 63.0 Å². The second-order valence-corrected chi connectivity index (χ2v) is 10.4. The molecule has 0 unspecified atom stereocenters. The molecule has 0 atom stereocenters. The lowest BCUT2D eigenvalue weighted by Crippen LogP contribution is -2.44. The summed E-state index contributed by atoms with van der Waals surface area (Å²) in [5.41, 5.74) is 0. The first kappa shape index (κ1) is 39.5. The minimum absolute atomic E-state index is 0. The third-order valence-electron chi connectivity index (χ3n) is 2.78. The van der Waals surface area contributed by atoms with E-state index >= 15 is 0 Å². The Hall–Kier alpha value is -0.710. The van der Waals surface area contributed by atoms with Crippen molar-refractivity contribution in [3.63, 3.8) is 0 Å². The smallest absolute Gasteiger partial charge is 0.469 e. The molecule has 0 aliphatic heterocycles. The van der Waals surface area contributed by atoms with Crippen LogP contribution >= 0.6 is 7.82 Å². The number of rotatable bonds is 11. The molecule has 206 valence electrons. The van der Waals surface area contributed by atoms with Crippen molar-refractivity contribution in [2.75, 3.05) is 87.6 Å². The average Bonchev–Trinajstić information content (AvgIpc) is 2.58. The molecule has 0 aromatic heterocycles. The number of phosphoric acid groups is 1. The van der Waals surface area contributed by atoms with E-state index in [4.69, 9.17) is 31.0 Å². The molecule has 33 heavy (non-hydrogen) atoms. The Labute approximate surface area is 200 Å². The van der Waals surface area contributed by atoms with Crippen molar-refractivity contribution in [1.29, 1.82) is 0 Å². The molecular weight excluding hydrogens is 485 g/mol. The molecular formula is C17H48N3O11PS+2. The molecule has 16 heteroatoms. The molecule has 7 N–H and O–H groups in total. The van der Waals surface area contributed by atoms with Gasteiger partial charge in [0.1, 0.15) is 12.4 Å². The summed E-state index contributed by atoms with van der Waals surface area (Å²) in [4.78, 5) is 26.1. The normalized spacial score (nSPS) is 11.8. The Kier molecular flexibility index (Phi) is 26.1. The van der Waals surface area contributed by atoms with Crippen molar-refractivity contribution in [2.45, 2.75) is 20.8 Å². The first-order valence-corrected chi connectivity index (χ1v) is 12.5. The largest absolute Gasteiger partial charge is 0.477 e. The second kappa shape index (κ2) is 21.8. The molecule has 0 spiro atoms. The number of likely N-dealkylation sites (N-methyl/N-ethyl adjacent to an activating group) is 2. The van der Waals surface area contributed by atoms with Crippen LogP contribution < -0.4 is 5.32 Å². The zero-order chi connectivity index (χ0) is 27.4. The molecule has 0 fully saturated rings. The number of aliphatic hydroxyl groups excluding tert-OH is 2. The van der Waals surface area contributed by atoms with Crippen LogP contribution in [0.4, 0.5) is 0 Å². The number of carboxylic acids is 1. The maximum atomic E-state index is 10.3. The van der Waals surface area contributed by atoms with Gasteiger partial charge in [0.2, 0.25) is 0 Å². The van der Waals surface area contributed by atoms with E-state index in [0.717, 1.165) is 13.0 Å². The van der Waals surface area contributed by atoms with Crippen molar-refractivity contribution < 1.29 is 62.3 Å². The van der Waals surface area contributed by atoms with E-state index in [1.807, 2.05) is 28.2 Å². The molecule has 0 aliphatic rings. The van der Waals surface area contributed by atoms with E-state index in [9.17, 15) is 17.8 Å². The van der Waals surface area contributed by atoms with Gasteiger partial charge in [0, 0.05) is 0 Å². The Balaban J connectivity index is -0.000000110. The summed E-state index contributed by atoms with van der Waals surface area (Å²) in [6, 6.07) is 0.